The van der Waals surface area contributed by atoms with Crippen LogP contribution in [0.15, 0.2) is 4.42 Å². The molecule has 0 saturated heterocycles. The molecule has 2 rings (SSSR count). The van der Waals surface area contributed by atoms with Gasteiger partial charge in [0.05, 0.1) is 0 Å². The number of carbonyl (C=O) groups is 1. The van der Waals surface area contributed by atoms with Crippen LogP contribution in [0.2, 0.25) is 0 Å². The van der Waals surface area contributed by atoms with E-state index < -0.39 is 5.54 Å². The minimum Gasteiger partial charge on any atom is -0.408 e. The van der Waals surface area contributed by atoms with Crippen LogP contribution in [0.3, 0.4) is 0 Å². The summed E-state index contributed by atoms with van der Waals surface area (Å²) < 4.78 is 5.30. The van der Waals surface area contributed by atoms with Crippen molar-refractivity contribution in [2.45, 2.75) is 44.6 Å². The fraction of sp³-hybridized carbons (Fsp3) is 0.700. The molecule has 1 aromatic rings. The SMILES string of the molecule is CC(C)(N)CC(=O)Nc1nnc(C2CC2)o1. The zero-order valence-corrected chi connectivity index (χ0v) is 9.49. The van der Waals surface area contributed by atoms with E-state index in [4.69, 9.17) is 10.2 Å². The lowest BCUT2D eigenvalue weighted by Gasteiger charge is -2.16. The Morgan fingerprint density at radius 1 is 1.56 bits per heavy atom. The first-order valence-electron chi connectivity index (χ1n) is 5.36. The lowest BCUT2D eigenvalue weighted by Crippen LogP contribution is -2.36. The van der Waals surface area contributed by atoms with Gasteiger partial charge in [-0.15, -0.1) is 5.10 Å². The van der Waals surface area contributed by atoms with Crippen LogP contribution in [0.25, 0.3) is 0 Å². The van der Waals surface area contributed by atoms with Gasteiger partial charge in [-0.3, -0.25) is 10.1 Å². The summed E-state index contributed by atoms with van der Waals surface area (Å²) in [4.78, 5) is 11.5. The van der Waals surface area contributed by atoms with Crippen LogP contribution in [0, 0.1) is 0 Å². The number of hydrogen-bond acceptors (Lipinski definition) is 5. The second-order valence-electron chi connectivity index (χ2n) is 4.93. The molecule has 0 aliphatic heterocycles. The molecule has 1 aliphatic carbocycles. The highest BCUT2D eigenvalue weighted by atomic mass is 16.4. The third kappa shape index (κ3) is 3.03. The van der Waals surface area contributed by atoms with Crippen molar-refractivity contribution in [3.8, 4) is 0 Å². The molecule has 0 radical (unpaired) electrons. The predicted octanol–water partition coefficient (Wildman–Crippen LogP) is 1.01. The lowest BCUT2D eigenvalue weighted by molar-refractivity contribution is -0.117. The Morgan fingerprint density at radius 3 is 2.81 bits per heavy atom. The highest BCUT2D eigenvalue weighted by Crippen LogP contribution is 2.39. The Kier molecular flexibility index (Phi) is 2.67. The summed E-state index contributed by atoms with van der Waals surface area (Å²) in [6.45, 7) is 3.58. The van der Waals surface area contributed by atoms with Crippen molar-refractivity contribution in [3.63, 3.8) is 0 Å². The van der Waals surface area contributed by atoms with Gasteiger partial charge < -0.3 is 10.2 Å². The third-order valence-corrected chi connectivity index (χ3v) is 2.23. The average Bonchev–Trinajstić information content (AvgIpc) is 2.85. The van der Waals surface area contributed by atoms with E-state index in [2.05, 4.69) is 15.5 Å². The lowest BCUT2D eigenvalue weighted by atomic mass is 10.0. The molecule has 0 bridgehead atoms. The van der Waals surface area contributed by atoms with Gasteiger partial charge in [0.2, 0.25) is 11.8 Å². The van der Waals surface area contributed by atoms with Crippen LogP contribution in [-0.2, 0) is 4.79 Å². The maximum Gasteiger partial charge on any atom is 0.322 e. The Hall–Kier alpha value is -1.43. The molecule has 3 N–H and O–H groups in total. The summed E-state index contributed by atoms with van der Waals surface area (Å²) in [5.41, 5.74) is 5.19. The topological polar surface area (TPSA) is 94.0 Å². The molecule has 6 heteroatoms. The molecule has 0 unspecified atom stereocenters. The molecule has 1 amide bonds. The number of nitrogens with one attached hydrogen (secondary N) is 1. The smallest absolute Gasteiger partial charge is 0.322 e. The number of nitrogens with two attached hydrogens (primary N) is 1. The van der Waals surface area contributed by atoms with Crippen LogP contribution in [0.1, 0.15) is 44.9 Å². The van der Waals surface area contributed by atoms with E-state index in [1.165, 1.54) is 0 Å². The quantitative estimate of drug-likeness (QED) is 0.796. The van der Waals surface area contributed by atoms with Crippen molar-refractivity contribution in [3.05, 3.63) is 5.89 Å². The molecule has 1 saturated carbocycles. The van der Waals surface area contributed by atoms with Crippen molar-refractivity contribution >= 4 is 11.9 Å². The molecular weight excluding hydrogens is 208 g/mol. The molecule has 16 heavy (non-hydrogen) atoms. The van der Waals surface area contributed by atoms with Crippen LogP contribution in [0.5, 0.6) is 0 Å². The molecule has 1 heterocycles. The van der Waals surface area contributed by atoms with E-state index in [1.807, 2.05) is 0 Å². The zero-order chi connectivity index (χ0) is 11.8. The first-order chi connectivity index (χ1) is 7.44. The van der Waals surface area contributed by atoms with Gasteiger partial charge in [-0.25, -0.2) is 0 Å². The van der Waals surface area contributed by atoms with Crippen LogP contribution in [0.4, 0.5) is 6.01 Å². The van der Waals surface area contributed by atoms with E-state index in [-0.39, 0.29) is 18.3 Å². The second kappa shape index (κ2) is 3.86. The third-order valence-electron chi connectivity index (χ3n) is 2.23. The number of nitrogens with zero attached hydrogens (tertiary/aromatic N) is 2. The molecule has 0 aromatic carbocycles. The maximum atomic E-state index is 11.5. The van der Waals surface area contributed by atoms with Gasteiger partial charge in [0.1, 0.15) is 0 Å². The molecule has 1 fully saturated rings. The minimum absolute atomic E-state index is 0.163. The normalized spacial score (nSPS) is 16.2. The summed E-state index contributed by atoms with van der Waals surface area (Å²) in [6, 6.07) is 0.163. The van der Waals surface area contributed by atoms with Gasteiger partial charge >= 0.3 is 6.01 Å². The van der Waals surface area contributed by atoms with Crippen molar-refractivity contribution in [1.29, 1.82) is 0 Å². The second-order valence-corrected chi connectivity index (χ2v) is 4.93. The Morgan fingerprint density at radius 2 is 2.25 bits per heavy atom. The van der Waals surface area contributed by atoms with Crippen LogP contribution < -0.4 is 11.1 Å². The van der Waals surface area contributed by atoms with E-state index in [1.54, 1.807) is 13.8 Å². The molecule has 0 atom stereocenters. The summed E-state index contributed by atoms with van der Waals surface area (Å²) >= 11 is 0. The fourth-order valence-electron chi connectivity index (χ4n) is 1.36. The van der Waals surface area contributed by atoms with Gasteiger partial charge in [-0.05, 0) is 26.7 Å². The van der Waals surface area contributed by atoms with E-state index in [0.717, 1.165) is 12.8 Å². The zero-order valence-electron chi connectivity index (χ0n) is 9.49. The van der Waals surface area contributed by atoms with Crippen LogP contribution >= 0.6 is 0 Å². The predicted molar refractivity (Wildman–Crippen MR) is 57.8 cm³/mol. The summed E-state index contributed by atoms with van der Waals surface area (Å²) in [5, 5.41) is 10.2. The van der Waals surface area contributed by atoms with Crippen molar-refractivity contribution in [2.24, 2.45) is 5.73 Å². The maximum absolute atomic E-state index is 11.5. The largest absolute Gasteiger partial charge is 0.408 e. The summed E-state index contributed by atoms with van der Waals surface area (Å²) in [5.74, 6) is 0.796. The summed E-state index contributed by atoms with van der Waals surface area (Å²) in [7, 11) is 0. The number of anilines is 1. The van der Waals surface area contributed by atoms with Crippen molar-refractivity contribution in [2.75, 3.05) is 5.32 Å². The Bertz CT molecular complexity index is 390. The molecule has 0 spiro atoms. The van der Waals surface area contributed by atoms with E-state index in [0.29, 0.717) is 11.8 Å². The van der Waals surface area contributed by atoms with Crippen molar-refractivity contribution in [1.82, 2.24) is 10.2 Å². The number of amides is 1. The van der Waals surface area contributed by atoms with Crippen LogP contribution in [-0.4, -0.2) is 21.6 Å². The molecule has 6 nitrogen and oxygen atoms in total. The van der Waals surface area contributed by atoms with Gasteiger partial charge in [-0.2, -0.15) is 0 Å². The van der Waals surface area contributed by atoms with E-state index >= 15 is 0 Å². The van der Waals surface area contributed by atoms with E-state index in [9.17, 15) is 4.79 Å². The Labute approximate surface area is 93.6 Å². The highest BCUT2D eigenvalue weighted by Gasteiger charge is 2.29. The number of rotatable bonds is 4. The van der Waals surface area contributed by atoms with Gasteiger partial charge in [-0.1, -0.05) is 5.10 Å². The number of hydrogen-bond donors (Lipinski definition) is 2. The molecular formula is C10H16N4O2. The molecule has 1 aliphatic rings. The average molecular weight is 224 g/mol. The van der Waals surface area contributed by atoms with Gasteiger partial charge in [0.25, 0.3) is 0 Å². The van der Waals surface area contributed by atoms with Crippen molar-refractivity contribution < 1.29 is 9.21 Å². The minimum atomic E-state index is -0.538. The Balaban J connectivity index is 1.90. The molecule has 1 aromatic heterocycles. The standard InChI is InChI=1S/C10H16N4O2/c1-10(2,11)5-7(15)12-9-14-13-8(16-9)6-3-4-6/h6H,3-5,11H2,1-2H3,(H,12,14,15). The molecule has 88 valence electrons. The monoisotopic (exact) mass is 224 g/mol. The van der Waals surface area contributed by atoms with Gasteiger partial charge in [0.15, 0.2) is 0 Å². The number of carbonyl (C=O) groups excluding carboxylic acids is 1. The number of aromatic nitrogens is 2. The van der Waals surface area contributed by atoms with Gasteiger partial charge in [0, 0.05) is 17.9 Å². The highest BCUT2D eigenvalue weighted by molar-refractivity contribution is 5.89. The summed E-state index contributed by atoms with van der Waals surface area (Å²) in [6.07, 6.45) is 2.39. The first kappa shape index (κ1) is 11.1. The first-order valence-corrected chi connectivity index (χ1v) is 5.36. The fourth-order valence-corrected chi connectivity index (χ4v) is 1.36.